The smallest absolute Gasteiger partial charge is 0.104 e. The molecule has 2 nitrogen and oxygen atoms in total. The van der Waals surface area contributed by atoms with E-state index in [0.29, 0.717) is 0 Å². The number of hydrogen-bond acceptors (Lipinski definition) is 2. The summed E-state index contributed by atoms with van der Waals surface area (Å²) in [5, 5.41) is 8.67. The first kappa shape index (κ1) is 12.7. The van der Waals surface area contributed by atoms with Crippen molar-refractivity contribution in [2.24, 2.45) is 11.8 Å². The molecular weight excluding hydrogens is 234 g/mol. The molecule has 1 aliphatic carbocycles. The van der Waals surface area contributed by atoms with E-state index in [-0.39, 0.29) is 6.61 Å². The highest BCUT2D eigenvalue weighted by atomic mass is 16.2. The maximum Gasteiger partial charge on any atom is 0.104 e. The first-order valence-electron chi connectivity index (χ1n) is 7.26. The molecule has 0 radical (unpaired) electrons. The number of aliphatic hydroxyl groups is 1. The molecule has 0 aromatic heterocycles. The molecule has 2 unspecified atom stereocenters. The second kappa shape index (κ2) is 5.77. The molecule has 1 aromatic rings. The maximum atomic E-state index is 8.67. The van der Waals surface area contributed by atoms with Gasteiger partial charge in [-0.05, 0) is 42.4 Å². The highest BCUT2D eigenvalue weighted by molar-refractivity contribution is 5.36. The number of benzene rings is 1. The van der Waals surface area contributed by atoms with Crippen LogP contribution in [0.15, 0.2) is 24.3 Å². The molecule has 2 heteroatoms. The summed E-state index contributed by atoms with van der Waals surface area (Å²) in [6.45, 7) is 3.58. The van der Waals surface area contributed by atoms with Gasteiger partial charge in [-0.1, -0.05) is 30.4 Å². The summed E-state index contributed by atoms with van der Waals surface area (Å²) in [7, 11) is 0. The zero-order chi connectivity index (χ0) is 13.1. The summed E-state index contributed by atoms with van der Waals surface area (Å²) in [5.74, 6) is 7.55. The topological polar surface area (TPSA) is 23.5 Å². The average Bonchev–Trinajstić information content (AvgIpc) is 2.99. The van der Waals surface area contributed by atoms with Crippen molar-refractivity contribution in [3.05, 3.63) is 35.4 Å². The number of likely N-dealkylation sites (tertiary alicyclic amines) is 1. The predicted molar refractivity (Wildman–Crippen MR) is 76.5 cm³/mol. The zero-order valence-corrected chi connectivity index (χ0v) is 11.3. The summed E-state index contributed by atoms with van der Waals surface area (Å²) < 4.78 is 0. The summed E-state index contributed by atoms with van der Waals surface area (Å²) in [5.41, 5.74) is 2.35. The van der Waals surface area contributed by atoms with Gasteiger partial charge in [0.25, 0.3) is 0 Å². The fraction of sp³-hybridized carbons (Fsp3) is 0.529. The Bertz CT molecular complexity index is 470. The summed E-state index contributed by atoms with van der Waals surface area (Å²) in [6.07, 6.45) is 4.33. The van der Waals surface area contributed by atoms with Crippen LogP contribution in [0.4, 0.5) is 0 Å². The molecule has 2 fully saturated rings. The number of aliphatic hydroxyl groups excluding tert-OH is 1. The highest BCUT2D eigenvalue weighted by Gasteiger charge is 2.35. The Balaban J connectivity index is 1.58. The Hall–Kier alpha value is -1.30. The van der Waals surface area contributed by atoms with E-state index in [4.69, 9.17) is 5.11 Å². The Morgan fingerprint density at radius 2 is 1.79 bits per heavy atom. The molecule has 1 aromatic carbocycles. The number of fused-ring (bicyclic) bond motifs is 1. The molecule has 2 aliphatic rings. The van der Waals surface area contributed by atoms with Gasteiger partial charge in [0.2, 0.25) is 0 Å². The summed E-state index contributed by atoms with van der Waals surface area (Å²) in [4.78, 5) is 2.60. The van der Waals surface area contributed by atoms with Crippen LogP contribution in [-0.2, 0) is 6.54 Å². The van der Waals surface area contributed by atoms with E-state index < -0.39 is 0 Å². The fourth-order valence-electron chi connectivity index (χ4n) is 3.55. The van der Waals surface area contributed by atoms with Gasteiger partial charge in [-0.3, -0.25) is 4.90 Å². The van der Waals surface area contributed by atoms with Crippen LogP contribution in [0.5, 0.6) is 0 Å². The summed E-state index contributed by atoms with van der Waals surface area (Å²) in [6, 6.07) is 8.43. The zero-order valence-electron chi connectivity index (χ0n) is 11.3. The van der Waals surface area contributed by atoms with Crippen LogP contribution in [0.1, 0.15) is 30.4 Å². The minimum atomic E-state index is -0.0711. The van der Waals surface area contributed by atoms with E-state index in [1.165, 1.54) is 37.9 Å². The van der Waals surface area contributed by atoms with E-state index in [1.807, 2.05) is 0 Å². The number of rotatable bonds is 2. The van der Waals surface area contributed by atoms with E-state index in [2.05, 4.69) is 41.0 Å². The van der Waals surface area contributed by atoms with Gasteiger partial charge < -0.3 is 5.11 Å². The van der Waals surface area contributed by atoms with Crippen molar-refractivity contribution >= 4 is 0 Å². The minimum Gasteiger partial charge on any atom is -0.384 e. The Kier molecular flexibility index (Phi) is 3.87. The first-order chi connectivity index (χ1) is 9.35. The molecule has 19 heavy (non-hydrogen) atoms. The van der Waals surface area contributed by atoms with Crippen LogP contribution >= 0.6 is 0 Å². The molecule has 100 valence electrons. The van der Waals surface area contributed by atoms with E-state index in [0.717, 1.165) is 23.9 Å². The van der Waals surface area contributed by atoms with Gasteiger partial charge in [0.15, 0.2) is 0 Å². The molecule has 1 saturated heterocycles. The lowest BCUT2D eigenvalue weighted by molar-refractivity contribution is 0.303. The first-order valence-corrected chi connectivity index (χ1v) is 7.26. The molecule has 1 aliphatic heterocycles. The predicted octanol–water partition coefficient (Wildman–Crippen LogP) is 2.26. The van der Waals surface area contributed by atoms with Gasteiger partial charge in [0.05, 0.1) is 0 Å². The lowest BCUT2D eigenvalue weighted by atomic mass is 10.0. The normalized spacial score (nSPS) is 25.9. The second-order valence-electron chi connectivity index (χ2n) is 5.80. The van der Waals surface area contributed by atoms with Crippen molar-refractivity contribution in [2.75, 3.05) is 19.7 Å². The highest BCUT2D eigenvalue weighted by Crippen LogP contribution is 2.38. The molecule has 3 rings (SSSR count). The van der Waals surface area contributed by atoms with Crippen LogP contribution in [0, 0.1) is 23.7 Å². The fourth-order valence-corrected chi connectivity index (χ4v) is 3.55. The van der Waals surface area contributed by atoms with Crippen molar-refractivity contribution in [3.8, 4) is 11.8 Å². The van der Waals surface area contributed by atoms with Gasteiger partial charge in [-0.2, -0.15) is 0 Å². The van der Waals surface area contributed by atoms with Crippen LogP contribution < -0.4 is 0 Å². The lowest BCUT2D eigenvalue weighted by Gasteiger charge is -2.16. The third-order valence-corrected chi connectivity index (χ3v) is 4.47. The van der Waals surface area contributed by atoms with Gasteiger partial charge in [-0.25, -0.2) is 0 Å². The third-order valence-electron chi connectivity index (χ3n) is 4.47. The minimum absolute atomic E-state index is 0.0711. The van der Waals surface area contributed by atoms with Crippen molar-refractivity contribution in [1.82, 2.24) is 4.90 Å². The Morgan fingerprint density at radius 3 is 2.42 bits per heavy atom. The molecule has 1 heterocycles. The van der Waals surface area contributed by atoms with Gasteiger partial charge in [0, 0.05) is 25.2 Å². The standard InChI is InChI=1S/C17H21NO/c19-10-2-3-14-6-8-15(9-7-14)11-18-12-16-4-1-5-17(16)13-18/h6-9,16-17,19H,1,4-5,10-13H2. The van der Waals surface area contributed by atoms with Gasteiger partial charge >= 0.3 is 0 Å². The molecule has 1 N–H and O–H groups in total. The summed E-state index contributed by atoms with van der Waals surface area (Å²) >= 11 is 0. The Morgan fingerprint density at radius 1 is 1.11 bits per heavy atom. The molecule has 0 amide bonds. The SMILES string of the molecule is OCC#Cc1ccc(CN2CC3CCCC3C2)cc1. The molecule has 0 spiro atoms. The largest absolute Gasteiger partial charge is 0.384 e. The Labute approximate surface area is 115 Å². The number of nitrogens with zero attached hydrogens (tertiary/aromatic N) is 1. The lowest BCUT2D eigenvalue weighted by Crippen LogP contribution is -2.20. The third kappa shape index (κ3) is 3.00. The van der Waals surface area contributed by atoms with Crippen molar-refractivity contribution in [3.63, 3.8) is 0 Å². The average molecular weight is 255 g/mol. The number of hydrogen-bond donors (Lipinski definition) is 1. The molecule has 0 bridgehead atoms. The van der Waals surface area contributed by atoms with E-state index in [1.54, 1.807) is 0 Å². The van der Waals surface area contributed by atoms with Crippen LogP contribution in [-0.4, -0.2) is 29.7 Å². The van der Waals surface area contributed by atoms with Crippen molar-refractivity contribution < 1.29 is 5.11 Å². The van der Waals surface area contributed by atoms with Crippen LogP contribution in [0.2, 0.25) is 0 Å². The van der Waals surface area contributed by atoms with Gasteiger partial charge in [0.1, 0.15) is 6.61 Å². The molecule has 1 saturated carbocycles. The van der Waals surface area contributed by atoms with Crippen LogP contribution in [0.25, 0.3) is 0 Å². The second-order valence-corrected chi connectivity index (χ2v) is 5.80. The monoisotopic (exact) mass is 255 g/mol. The van der Waals surface area contributed by atoms with Crippen LogP contribution in [0.3, 0.4) is 0 Å². The molecular formula is C17H21NO. The molecule has 2 atom stereocenters. The maximum absolute atomic E-state index is 8.67. The van der Waals surface area contributed by atoms with E-state index in [9.17, 15) is 0 Å². The van der Waals surface area contributed by atoms with Crippen molar-refractivity contribution in [2.45, 2.75) is 25.8 Å². The van der Waals surface area contributed by atoms with E-state index >= 15 is 0 Å². The quantitative estimate of drug-likeness (QED) is 0.819. The van der Waals surface area contributed by atoms with Gasteiger partial charge in [-0.15, -0.1) is 0 Å². The van der Waals surface area contributed by atoms with Crippen molar-refractivity contribution in [1.29, 1.82) is 0 Å².